The summed E-state index contributed by atoms with van der Waals surface area (Å²) in [7, 11) is 0. The number of carbonyl (C=O) groups excluding carboxylic acids is 1. The molecule has 7 nitrogen and oxygen atoms in total. The molecule has 2 fully saturated rings. The lowest BCUT2D eigenvalue weighted by molar-refractivity contribution is 0.102. The Kier molecular flexibility index (Phi) is 3.40. The van der Waals surface area contributed by atoms with Crippen LogP contribution in [0.5, 0.6) is 0 Å². The van der Waals surface area contributed by atoms with E-state index in [4.69, 9.17) is 0 Å². The standard InChI is InChI=1S/C16H17N5O2/c22-14-6-12(20-15(21-14)10-3-4-10)16(23)19-11-7-17-13(18-8-11)5-9-1-2-9/h6-10H,1-5H2,(H,19,23)(H,20,21,22). The number of aromatic amines is 1. The molecule has 0 saturated heterocycles. The van der Waals surface area contributed by atoms with E-state index >= 15 is 0 Å². The molecular formula is C16H17N5O2. The summed E-state index contributed by atoms with van der Waals surface area (Å²) in [5, 5.41) is 2.69. The Morgan fingerprint density at radius 2 is 1.96 bits per heavy atom. The van der Waals surface area contributed by atoms with Crippen molar-refractivity contribution in [1.29, 1.82) is 0 Å². The van der Waals surface area contributed by atoms with Crippen LogP contribution in [0.4, 0.5) is 5.69 Å². The van der Waals surface area contributed by atoms with E-state index in [-0.39, 0.29) is 17.2 Å². The molecule has 2 aromatic heterocycles. The number of nitrogens with one attached hydrogen (secondary N) is 2. The number of rotatable bonds is 5. The second-order valence-electron chi connectivity index (χ2n) is 6.28. The van der Waals surface area contributed by atoms with E-state index < -0.39 is 5.91 Å². The van der Waals surface area contributed by atoms with Gasteiger partial charge in [-0.05, 0) is 31.6 Å². The van der Waals surface area contributed by atoms with Crippen molar-refractivity contribution < 1.29 is 4.79 Å². The van der Waals surface area contributed by atoms with Gasteiger partial charge in [0.15, 0.2) is 0 Å². The maximum Gasteiger partial charge on any atom is 0.274 e. The van der Waals surface area contributed by atoms with E-state index in [0.717, 1.165) is 31.0 Å². The van der Waals surface area contributed by atoms with E-state index in [9.17, 15) is 9.59 Å². The Hall–Kier alpha value is -2.57. The van der Waals surface area contributed by atoms with Crippen LogP contribution in [0.1, 0.15) is 53.7 Å². The fourth-order valence-corrected chi connectivity index (χ4v) is 2.44. The third-order valence-electron chi connectivity index (χ3n) is 4.09. The number of carbonyl (C=O) groups is 1. The minimum absolute atomic E-state index is 0.123. The van der Waals surface area contributed by atoms with Crippen LogP contribution in [0.25, 0.3) is 0 Å². The van der Waals surface area contributed by atoms with Crippen LogP contribution in [0.2, 0.25) is 0 Å². The molecule has 0 aromatic carbocycles. The van der Waals surface area contributed by atoms with E-state index in [2.05, 4.69) is 25.3 Å². The van der Waals surface area contributed by atoms with Gasteiger partial charge in [-0.2, -0.15) is 0 Å². The number of hydrogen-bond donors (Lipinski definition) is 2. The molecule has 2 heterocycles. The number of H-pyrrole nitrogens is 1. The van der Waals surface area contributed by atoms with E-state index in [0.29, 0.717) is 11.5 Å². The van der Waals surface area contributed by atoms with Gasteiger partial charge in [0, 0.05) is 18.4 Å². The molecule has 0 unspecified atom stereocenters. The highest BCUT2D eigenvalue weighted by molar-refractivity contribution is 6.02. The predicted octanol–water partition coefficient (Wildman–Crippen LogP) is 1.64. The first-order chi connectivity index (χ1) is 11.2. The summed E-state index contributed by atoms with van der Waals surface area (Å²) in [6.07, 6.45) is 8.59. The molecule has 4 rings (SSSR count). The molecule has 0 bridgehead atoms. The van der Waals surface area contributed by atoms with Crippen LogP contribution in [0.3, 0.4) is 0 Å². The quantitative estimate of drug-likeness (QED) is 0.874. The van der Waals surface area contributed by atoms with Gasteiger partial charge in [0.1, 0.15) is 17.3 Å². The van der Waals surface area contributed by atoms with Gasteiger partial charge in [0.05, 0.1) is 18.1 Å². The molecule has 0 spiro atoms. The second kappa shape index (κ2) is 5.57. The summed E-state index contributed by atoms with van der Waals surface area (Å²) in [4.78, 5) is 39.4. The molecule has 1 amide bonds. The number of amides is 1. The van der Waals surface area contributed by atoms with Crippen molar-refractivity contribution in [1.82, 2.24) is 19.9 Å². The summed E-state index contributed by atoms with van der Waals surface area (Å²) in [5.74, 6) is 1.98. The highest BCUT2D eigenvalue weighted by Crippen LogP contribution is 2.37. The smallest absolute Gasteiger partial charge is 0.274 e. The van der Waals surface area contributed by atoms with Crippen LogP contribution in [-0.2, 0) is 6.42 Å². The Balaban J connectivity index is 1.47. The van der Waals surface area contributed by atoms with E-state index in [1.807, 2.05) is 0 Å². The topological polar surface area (TPSA) is 101 Å². The highest BCUT2D eigenvalue weighted by Gasteiger charge is 2.27. The average molecular weight is 311 g/mol. The fraction of sp³-hybridized carbons (Fsp3) is 0.438. The third kappa shape index (κ3) is 3.44. The van der Waals surface area contributed by atoms with Crippen molar-refractivity contribution >= 4 is 11.6 Å². The van der Waals surface area contributed by atoms with Crippen LogP contribution >= 0.6 is 0 Å². The van der Waals surface area contributed by atoms with E-state index in [1.165, 1.54) is 18.9 Å². The monoisotopic (exact) mass is 311 g/mol. The molecule has 7 heteroatoms. The maximum absolute atomic E-state index is 12.3. The van der Waals surface area contributed by atoms with Crippen molar-refractivity contribution in [2.75, 3.05) is 5.32 Å². The summed E-state index contributed by atoms with van der Waals surface area (Å²) in [5.41, 5.74) is 0.324. The molecule has 118 valence electrons. The van der Waals surface area contributed by atoms with Gasteiger partial charge in [0.25, 0.3) is 11.5 Å². The summed E-state index contributed by atoms with van der Waals surface area (Å²) >= 11 is 0. The number of aromatic nitrogens is 4. The minimum atomic E-state index is -0.420. The SMILES string of the molecule is O=C(Nc1cnc(CC2CC2)nc1)c1cc(=O)[nH]c(C2CC2)n1. The summed E-state index contributed by atoms with van der Waals surface area (Å²) in [6.45, 7) is 0. The lowest BCUT2D eigenvalue weighted by atomic mass is 10.3. The average Bonchev–Trinajstić information content (AvgIpc) is 3.42. The molecule has 0 radical (unpaired) electrons. The Morgan fingerprint density at radius 1 is 1.22 bits per heavy atom. The van der Waals surface area contributed by atoms with Gasteiger partial charge >= 0.3 is 0 Å². The Bertz CT molecular complexity index is 791. The molecule has 23 heavy (non-hydrogen) atoms. The number of anilines is 1. The van der Waals surface area contributed by atoms with Crippen molar-refractivity contribution in [3.05, 3.63) is 46.2 Å². The molecule has 2 aromatic rings. The molecule has 0 atom stereocenters. The van der Waals surface area contributed by atoms with Crippen LogP contribution < -0.4 is 10.9 Å². The molecule has 0 aliphatic heterocycles. The highest BCUT2D eigenvalue weighted by atomic mass is 16.2. The predicted molar refractivity (Wildman–Crippen MR) is 83.2 cm³/mol. The zero-order valence-electron chi connectivity index (χ0n) is 12.6. The van der Waals surface area contributed by atoms with E-state index in [1.54, 1.807) is 12.4 Å². The largest absolute Gasteiger partial charge is 0.318 e. The Morgan fingerprint density at radius 3 is 2.61 bits per heavy atom. The molecular weight excluding hydrogens is 294 g/mol. The van der Waals surface area contributed by atoms with Gasteiger partial charge < -0.3 is 10.3 Å². The molecule has 2 aliphatic rings. The fourth-order valence-electron chi connectivity index (χ4n) is 2.44. The molecule has 2 aliphatic carbocycles. The lowest BCUT2D eigenvalue weighted by Gasteiger charge is -2.06. The first-order valence-electron chi connectivity index (χ1n) is 7.91. The van der Waals surface area contributed by atoms with Gasteiger partial charge in [-0.15, -0.1) is 0 Å². The normalized spacial score (nSPS) is 17.0. The van der Waals surface area contributed by atoms with Crippen molar-refractivity contribution in [2.24, 2.45) is 5.92 Å². The third-order valence-corrected chi connectivity index (χ3v) is 4.09. The summed E-state index contributed by atoms with van der Waals surface area (Å²) in [6, 6.07) is 1.21. The molecule has 2 saturated carbocycles. The first kappa shape index (κ1) is 14.0. The molecule has 2 N–H and O–H groups in total. The van der Waals surface area contributed by atoms with Crippen molar-refractivity contribution in [2.45, 2.75) is 38.0 Å². The van der Waals surface area contributed by atoms with Gasteiger partial charge in [-0.3, -0.25) is 9.59 Å². The zero-order valence-corrected chi connectivity index (χ0v) is 12.6. The van der Waals surface area contributed by atoms with Crippen molar-refractivity contribution in [3.63, 3.8) is 0 Å². The van der Waals surface area contributed by atoms with Gasteiger partial charge in [0.2, 0.25) is 0 Å². The summed E-state index contributed by atoms with van der Waals surface area (Å²) < 4.78 is 0. The lowest BCUT2D eigenvalue weighted by Crippen LogP contribution is -2.20. The number of nitrogens with zero attached hydrogens (tertiary/aromatic N) is 3. The Labute approximate surface area is 132 Å². The zero-order chi connectivity index (χ0) is 15.8. The number of hydrogen-bond acceptors (Lipinski definition) is 5. The maximum atomic E-state index is 12.3. The van der Waals surface area contributed by atoms with Crippen LogP contribution in [0.15, 0.2) is 23.3 Å². The van der Waals surface area contributed by atoms with Crippen molar-refractivity contribution in [3.8, 4) is 0 Å². The second-order valence-corrected chi connectivity index (χ2v) is 6.28. The van der Waals surface area contributed by atoms with Gasteiger partial charge in [-0.1, -0.05) is 0 Å². The van der Waals surface area contributed by atoms with Gasteiger partial charge in [-0.25, -0.2) is 15.0 Å². The first-order valence-corrected chi connectivity index (χ1v) is 7.91. The minimum Gasteiger partial charge on any atom is -0.318 e. The van der Waals surface area contributed by atoms with Crippen LogP contribution in [-0.4, -0.2) is 25.8 Å². The van der Waals surface area contributed by atoms with Crippen LogP contribution in [0, 0.1) is 5.92 Å².